The molecule has 126 valence electrons. The average Bonchev–Trinajstić information content (AvgIpc) is 2.99. The summed E-state index contributed by atoms with van der Waals surface area (Å²) < 4.78 is 13.8. The lowest BCUT2D eigenvalue weighted by atomic mass is 10.2. The van der Waals surface area contributed by atoms with E-state index in [0.717, 1.165) is 5.69 Å². The van der Waals surface area contributed by atoms with Crippen LogP contribution in [0.3, 0.4) is 0 Å². The third-order valence-corrected chi connectivity index (χ3v) is 4.67. The minimum Gasteiger partial charge on any atom is -0.366 e. The topological polar surface area (TPSA) is 65.5 Å². The van der Waals surface area contributed by atoms with Gasteiger partial charge in [0.25, 0.3) is 0 Å². The molecule has 1 fully saturated rings. The highest BCUT2D eigenvalue weighted by Crippen LogP contribution is 2.20. The molecule has 24 heavy (non-hydrogen) atoms. The first-order valence-corrected chi connectivity index (χ1v) is 8.44. The summed E-state index contributed by atoms with van der Waals surface area (Å²) in [6.45, 7) is 3.53. The number of hydrogen-bond acceptors (Lipinski definition) is 5. The molecule has 0 unspecified atom stereocenters. The SMILES string of the molecule is Cc1csc(NC(=O)C(=O)N2CCN(c3ccccc3F)CC2)n1. The Hall–Kier alpha value is -2.48. The van der Waals surface area contributed by atoms with Crippen molar-refractivity contribution in [1.82, 2.24) is 9.88 Å². The second-order valence-electron chi connectivity index (χ2n) is 5.48. The van der Waals surface area contributed by atoms with Gasteiger partial charge in [0, 0.05) is 31.6 Å². The van der Waals surface area contributed by atoms with E-state index < -0.39 is 11.8 Å². The number of anilines is 2. The number of piperazine rings is 1. The van der Waals surface area contributed by atoms with E-state index in [1.807, 2.05) is 11.8 Å². The Morgan fingerprint density at radius 2 is 1.92 bits per heavy atom. The first-order chi connectivity index (χ1) is 11.5. The van der Waals surface area contributed by atoms with Gasteiger partial charge in [-0.25, -0.2) is 9.37 Å². The highest BCUT2D eigenvalue weighted by atomic mass is 32.1. The largest absolute Gasteiger partial charge is 0.366 e. The molecule has 2 amide bonds. The molecule has 2 aromatic rings. The van der Waals surface area contributed by atoms with Gasteiger partial charge >= 0.3 is 11.8 Å². The van der Waals surface area contributed by atoms with E-state index in [2.05, 4.69) is 10.3 Å². The Morgan fingerprint density at radius 1 is 1.21 bits per heavy atom. The fourth-order valence-electron chi connectivity index (χ4n) is 2.56. The molecule has 6 nitrogen and oxygen atoms in total. The Labute approximate surface area is 142 Å². The molecule has 1 aliphatic heterocycles. The third-order valence-electron chi connectivity index (χ3n) is 3.79. The van der Waals surface area contributed by atoms with Crippen molar-refractivity contribution in [2.24, 2.45) is 0 Å². The van der Waals surface area contributed by atoms with Crippen LogP contribution in [-0.2, 0) is 9.59 Å². The van der Waals surface area contributed by atoms with Crippen LogP contribution in [-0.4, -0.2) is 47.9 Å². The number of carbonyl (C=O) groups excluding carboxylic acids is 2. The van der Waals surface area contributed by atoms with E-state index in [9.17, 15) is 14.0 Å². The zero-order valence-corrected chi connectivity index (χ0v) is 14.0. The molecule has 1 aliphatic rings. The van der Waals surface area contributed by atoms with Gasteiger partial charge in [-0.15, -0.1) is 11.3 Å². The number of nitrogens with zero attached hydrogens (tertiary/aromatic N) is 3. The molecular formula is C16H17FN4O2S. The Balaban J connectivity index is 1.57. The number of benzene rings is 1. The quantitative estimate of drug-likeness (QED) is 0.842. The van der Waals surface area contributed by atoms with Crippen molar-refractivity contribution < 1.29 is 14.0 Å². The second-order valence-corrected chi connectivity index (χ2v) is 6.34. The maximum Gasteiger partial charge on any atom is 0.315 e. The van der Waals surface area contributed by atoms with Crippen molar-refractivity contribution in [3.05, 3.63) is 41.2 Å². The molecule has 1 N–H and O–H groups in total. The Bertz CT molecular complexity index is 756. The van der Waals surface area contributed by atoms with Crippen LogP contribution < -0.4 is 10.2 Å². The molecule has 2 heterocycles. The summed E-state index contributed by atoms with van der Waals surface area (Å²) >= 11 is 1.28. The van der Waals surface area contributed by atoms with Crippen LogP contribution in [0.1, 0.15) is 5.69 Å². The smallest absolute Gasteiger partial charge is 0.315 e. The van der Waals surface area contributed by atoms with E-state index in [4.69, 9.17) is 0 Å². The number of para-hydroxylation sites is 1. The molecule has 3 rings (SSSR count). The number of amides is 2. The van der Waals surface area contributed by atoms with Gasteiger partial charge in [0.2, 0.25) is 0 Å². The number of nitrogens with one attached hydrogen (secondary N) is 1. The summed E-state index contributed by atoms with van der Waals surface area (Å²) in [7, 11) is 0. The normalized spacial score (nSPS) is 14.6. The van der Waals surface area contributed by atoms with Gasteiger partial charge in [0.15, 0.2) is 5.13 Å². The summed E-state index contributed by atoms with van der Waals surface area (Å²) in [5, 5.41) is 4.73. The summed E-state index contributed by atoms with van der Waals surface area (Å²) in [6, 6.07) is 6.54. The van der Waals surface area contributed by atoms with E-state index in [1.54, 1.807) is 23.6 Å². The van der Waals surface area contributed by atoms with Crippen molar-refractivity contribution >= 4 is 34.0 Å². The molecule has 1 aromatic heterocycles. The van der Waals surface area contributed by atoms with Crippen LogP contribution in [0.4, 0.5) is 15.2 Å². The lowest BCUT2D eigenvalue weighted by Gasteiger charge is -2.35. The number of rotatable bonds is 2. The van der Waals surface area contributed by atoms with E-state index in [-0.39, 0.29) is 5.82 Å². The lowest BCUT2D eigenvalue weighted by Crippen LogP contribution is -2.51. The number of carbonyl (C=O) groups is 2. The first kappa shape index (κ1) is 16.4. The third kappa shape index (κ3) is 3.53. The maximum atomic E-state index is 13.8. The summed E-state index contributed by atoms with van der Waals surface area (Å²) in [5.74, 6) is -1.56. The number of aryl methyl sites for hydroxylation is 1. The molecule has 0 saturated carbocycles. The molecule has 0 spiro atoms. The monoisotopic (exact) mass is 348 g/mol. The highest BCUT2D eigenvalue weighted by Gasteiger charge is 2.27. The van der Waals surface area contributed by atoms with Crippen molar-refractivity contribution in [1.29, 1.82) is 0 Å². The summed E-state index contributed by atoms with van der Waals surface area (Å²) in [6.07, 6.45) is 0. The Kier molecular flexibility index (Phi) is 4.75. The van der Waals surface area contributed by atoms with E-state index >= 15 is 0 Å². The van der Waals surface area contributed by atoms with E-state index in [0.29, 0.717) is 37.0 Å². The fourth-order valence-corrected chi connectivity index (χ4v) is 3.25. The molecule has 0 radical (unpaired) electrons. The van der Waals surface area contributed by atoms with Gasteiger partial charge in [-0.05, 0) is 19.1 Å². The van der Waals surface area contributed by atoms with Crippen LogP contribution in [0.25, 0.3) is 0 Å². The minimum absolute atomic E-state index is 0.283. The summed E-state index contributed by atoms with van der Waals surface area (Å²) in [5.41, 5.74) is 1.31. The molecule has 8 heteroatoms. The lowest BCUT2D eigenvalue weighted by molar-refractivity contribution is -0.143. The van der Waals surface area contributed by atoms with Gasteiger partial charge in [-0.2, -0.15) is 0 Å². The van der Waals surface area contributed by atoms with Gasteiger partial charge in [0.1, 0.15) is 5.82 Å². The summed E-state index contributed by atoms with van der Waals surface area (Å²) in [4.78, 5) is 31.7. The van der Waals surface area contributed by atoms with Crippen LogP contribution in [0.2, 0.25) is 0 Å². The number of thiazole rings is 1. The van der Waals surface area contributed by atoms with Gasteiger partial charge in [0.05, 0.1) is 11.4 Å². The van der Waals surface area contributed by atoms with Gasteiger partial charge in [-0.3, -0.25) is 14.9 Å². The zero-order chi connectivity index (χ0) is 17.1. The molecule has 1 aromatic carbocycles. The fraction of sp³-hybridized carbons (Fsp3) is 0.312. The zero-order valence-electron chi connectivity index (χ0n) is 13.2. The average molecular weight is 348 g/mol. The van der Waals surface area contributed by atoms with Crippen LogP contribution in [0.5, 0.6) is 0 Å². The molecule has 0 bridgehead atoms. The minimum atomic E-state index is -0.691. The predicted octanol–water partition coefficient (Wildman–Crippen LogP) is 1.88. The molecule has 1 saturated heterocycles. The molecule has 0 aliphatic carbocycles. The van der Waals surface area contributed by atoms with Crippen molar-refractivity contribution in [3.63, 3.8) is 0 Å². The molecular weight excluding hydrogens is 331 g/mol. The van der Waals surface area contributed by atoms with Crippen LogP contribution >= 0.6 is 11.3 Å². The first-order valence-electron chi connectivity index (χ1n) is 7.56. The number of hydrogen-bond donors (Lipinski definition) is 1. The molecule has 0 atom stereocenters. The van der Waals surface area contributed by atoms with Crippen molar-refractivity contribution in [3.8, 4) is 0 Å². The van der Waals surface area contributed by atoms with Gasteiger partial charge in [-0.1, -0.05) is 12.1 Å². The van der Waals surface area contributed by atoms with Crippen LogP contribution in [0.15, 0.2) is 29.6 Å². The highest BCUT2D eigenvalue weighted by molar-refractivity contribution is 7.14. The van der Waals surface area contributed by atoms with Crippen LogP contribution in [0, 0.1) is 12.7 Å². The second kappa shape index (κ2) is 6.96. The van der Waals surface area contributed by atoms with Crippen molar-refractivity contribution in [2.45, 2.75) is 6.92 Å². The Morgan fingerprint density at radius 3 is 2.54 bits per heavy atom. The predicted molar refractivity (Wildman–Crippen MR) is 90.7 cm³/mol. The number of aromatic nitrogens is 1. The number of halogens is 1. The van der Waals surface area contributed by atoms with Gasteiger partial charge < -0.3 is 9.80 Å². The standard InChI is InChI=1S/C16H17FN4O2S/c1-11-10-24-16(18-11)19-14(22)15(23)21-8-6-20(7-9-21)13-5-3-2-4-12(13)17/h2-5,10H,6-9H2,1H3,(H,18,19,22). The van der Waals surface area contributed by atoms with E-state index in [1.165, 1.54) is 22.3 Å². The maximum absolute atomic E-state index is 13.8. The van der Waals surface area contributed by atoms with Crippen molar-refractivity contribution in [2.75, 3.05) is 36.4 Å².